The number of hydrogen-bond donors (Lipinski definition) is 1. The van der Waals surface area contributed by atoms with E-state index in [1.807, 2.05) is 7.05 Å². The molecule has 1 saturated carbocycles. The van der Waals surface area contributed by atoms with Gasteiger partial charge in [0.25, 0.3) is 0 Å². The lowest BCUT2D eigenvalue weighted by Gasteiger charge is -2.34. The molecule has 0 aliphatic heterocycles. The summed E-state index contributed by atoms with van der Waals surface area (Å²) in [5.41, 5.74) is 6.72. The Kier molecular flexibility index (Phi) is 3.97. The van der Waals surface area contributed by atoms with Crippen molar-refractivity contribution in [3.8, 4) is 0 Å². The third-order valence-corrected chi connectivity index (χ3v) is 3.55. The van der Waals surface area contributed by atoms with Gasteiger partial charge in [-0.05, 0) is 37.0 Å². The Morgan fingerprint density at radius 1 is 1.39 bits per heavy atom. The van der Waals surface area contributed by atoms with Gasteiger partial charge in [0.05, 0.1) is 0 Å². The smallest absolute Gasteiger partial charge is 0.225 e. The molecule has 1 aliphatic rings. The van der Waals surface area contributed by atoms with Gasteiger partial charge in [0.15, 0.2) is 0 Å². The van der Waals surface area contributed by atoms with Gasteiger partial charge < -0.3 is 10.6 Å². The third-order valence-electron chi connectivity index (χ3n) is 3.55. The van der Waals surface area contributed by atoms with Gasteiger partial charge in [-0.2, -0.15) is 0 Å². The van der Waals surface area contributed by atoms with Crippen LogP contribution in [0.15, 0.2) is 24.3 Å². The predicted molar refractivity (Wildman–Crippen MR) is 68.4 cm³/mol. The Bertz CT molecular complexity index is 412. The van der Waals surface area contributed by atoms with Crippen molar-refractivity contribution in [1.29, 1.82) is 0 Å². The number of nitrogens with two attached hydrogens (primary N) is 1. The number of carbonyl (C=O) groups excluding carboxylic acids is 1. The molecule has 0 heterocycles. The molecular formula is C14H19FN2O. The van der Waals surface area contributed by atoms with Gasteiger partial charge in [-0.15, -0.1) is 0 Å². The fourth-order valence-electron chi connectivity index (χ4n) is 2.23. The van der Waals surface area contributed by atoms with Gasteiger partial charge in [0, 0.05) is 25.6 Å². The molecule has 0 atom stereocenters. The van der Waals surface area contributed by atoms with Gasteiger partial charge >= 0.3 is 0 Å². The van der Waals surface area contributed by atoms with Crippen LogP contribution in [0.1, 0.15) is 18.4 Å². The van der Waals surface area contributed by atoms with Crippen molar-refractivity contribution in [1.82, 2.24) is 4.90 Å². The fraction of sp³-hybridized carbons (Fsp3) is 0.500. The summed E-state index contributed by atoms with van der Waals surface area (Å²) in [4.78, 5) is 13.7. The Labute approximate surface area is 107 Å². The number of halogens is 1. The Balaban J connectivity index is 1.79. The molecule has 1 aliphatic carbocycles. The largest absolute Gasteiger partial charge is 0.345 e. The third kappa shape index (κ3) is 3.07. The van der Waals surface area contributed by atoms with Crippen molar-refractivity contribution in [2.45, 2.75) is 25.3 Å². The molecule has 0 unspecified atom stereocenters. The van der Waals surface area contributed by atoms with Crippen molar-refractivity contribution in [2.24, 2.45) is 11.7 Å². The van der Waals surface area contributed by atoms with Crippen LogP contribution in [0.4, 0.5) is 4.39 Å². The number of likely N-dealkylation sites (N-methyl/N-ethyl adjacent to an activating group) is 1. The minimum Gasteiger partial charge on any atom is -0.345 e. The maximum absolute atomic E-state index is 12.7. The van der Waals surface area contributed by atoms with Crippen molar-refractivity contribution >= 4 is 5.91 Å². The van der Waals surface area contributed by atoms with E-state index in [0.717, 1.165) is 24.8 Å². The van der Waals surface area contributed by atoms with E-state index in [9.17, 15) is 9.18 Å². The molecule has 0 radical (unpaired) electrons. The highest BCUT2D eigenvalue weighted by Crippen LogP contribution is 2.27. The van der Waals surface area contributed by atoms with Crippen molar-refractivity contribution < 1.29 is 9.18 Å². The SMILES string of the molecule is CN(CCc1ccc(F)cc1)C(=O)C1CC(N)C1. The first kappa shape index (κ1) is 13.0. The van der Waals surface area contributed by atoms with Gasteiger partial charge in [-0.1, -0.05) is 12.1 Å². The first-order chi connectivity index (χ1) is 8.56. The summed E-state index contributed by atoms with van der Waals surface area (Å²) in [5.74, 6) is 0.0590. The predicted octanol–water partition coefficient (Wildman–Crippen LogP) is 1.56. The molecule has 1 fully saturated rings. The Hall–Kier alpha value is -1.42. The van der Waals surface area contributed by atoms with Crippen molar-refractivity contribution in [3.05, 3.63) is 35.6 Å². The lowest BCUT2D eigenvalue weighted by molar-refractivity contribution is -0.137. The van der Waals surface area contributed by atoms with E-state index < -0.39 is 0 Å². The highest BCUT2D eigenvalue weighted by molar-refractivity contribution is 5.79. The van der Waals surface area contributed by atoms with E-state index in [-0.39, 0.29) is 23.7 Å². The summed E-state index contributed by atoms with van der Waals surface area (Å²) in [7, 11) is 1.82. The zero-order valence-electron chi connectivity index (χ0n) is 10.6. The molecule has 0 bridgehead atoms. The van der Waals surface area contributed by atoms with Gasteiger partial charge in [0.2, 0.25) is 5.91 Å². The van der Waals surface area contributed by atoms with Crippen LogP contribution in [0.3, 0.4) is 0 Å². The number of benzene rings is 1. The van der Waals surface area contributed by atoms with Gasteiger partial charge in [0.1, 0.15) is 5.82 Å². The highest BCUT2D eigenvalue weighted by Gasteiger charge is 2.33. The van der Waals surface area contributed by atoms with Gasteiger partial charge in [-0.25, -0.2) is 4.39 Å². The molecule has 98 valence electrons. The second-order valence-corrected chi connectivity index (χ2v) is 5.06. The van der Waals surface area contributed by atoms with Crippen molar-refractivity contribution in [2.75, 3.05) is 13.6 Å². The minimum atomic E-state index is -0.230. The van der Waals surface area contributed by atoms with Crippen molar-refractivity contribution in [3.63, 3.8) is 0 Å². The molecule has 18 heavy (non-hydrogen) atoms. The van der Waals surface area contributed by atoms with Crippen LogP contribution in [0.25, 0.3) is 0 Å². The average molecular weight is 250 g/mol. The van der Waals surface area contributed by atoms with Crippen LogP contribution < -0.4 is 5.73 Å². The molecule has 0 aromatic heterocycles. The molecule has 0 spiro atoms. The second kappa shape index (κ2) is 5.48. The number of rotatable bonds is 4. The molecule has 1 amide bonds. The number of carbonyl (C=O) groups is 1. The number of nitrogens with zero attached hydrogens (tertiary/aromatic N) is 1. The maximum atomic E-state index is 12.7. The molecule has 2 N–H and O–H groups in total. The van der Waals surface area contributed by atoms with Gasteiger partial charge in [-0.3, -0.25) is 4.79 Å². The maximum Gasteiger partial charge on any atom is 0.225 e. The summed E-state index contributed by atoms with van der Waals surface area (Å²) in [6, 6.07) is 6.61. The van der Waals surface area contributed by atoms with E-state index in [2.05, 4.69) is 0 Å². The van der Waals surface area contributed by atoms with E-state index >= 15 is 0 Å². The van der Waals surface area contributed by atoms with Crippen LogP contribution >= 0.6 is 0 Å². The molecule has 3 nitrogen and oxygen atoms in total. The van der Waals surface area contributed by atoms with Crippen LogP contribution in [0, 0.1) is 11.7 Å². The fourth-order valence-corrected chi connectivity index (χ4v) is 2.23. The van der Waals surface area contributed by atoms with E-state index in [1.165, 1.54) is 12.1 Å². The number of hydrogen-bond acceptors (Lipinski definition) is 2. The zero-order chi connectivity index (χ0) is 13.1. The molecule has 2 rings (SSSR count). The first-order valence-corrected chi connectivity index (χ1v) is 6.31. The highest BCUT2D eigenvalue weighted by atomic mass is 19.1. The van der Waals surface area contributed by atoms with Crippen LogP contribution in [0.5, 0.6) is 0 Å². The van der Waals surface area contributed by atoms with Crippen LogP contribution in [0.2, 0.25) is 0 Å². The molecule has 1 aromatic carbocycles. The summed E-state index contributed by atoms with van der Waals surface area (Å²) < 4.78 is 12.7. The lowest BCUT2D eigenvalue weighted by Crippen LogP contribution is -2.46. The topological polar surface area (TPSA) is 46.3 Å². The lowest BCUT2D eigenvalue weighted by atomic mass is 9.80. The molecule has 1 aromatic rings. The monoisotopic (exact) mass is 250 g/mol. The second-order valence-electron chi connectivity index (χ2n) is 5.06. The summed E-state index contributed by atoms with van der Waals surface area (Å²) in [5, 5.41) is 0. The first-order valence-electron chi connectivity index (χ1n) is 6.31. The quantitative estimate of drug-likeness (QED) is 0.881. The Morgan fingerprint density at radius 3 is 2.56 bits per heavy atom. The summed E-state index contributed by atoms with van der Waals surface area (Å²) in [6.45, 7) is 0.663. The van der Waals surface area contributed by atoms with E-state index in [4.69, 9.17) is 5.73 Å². The summed E-state index contributed by atoms with van der Waals surface area (Å²) >= 11 is 0. The average Bonchev–Trinajstić information content (AvgIpc) is 2.33. The Morgan fingerprint density at radius 2 is 2.00 bits per heavy atom. The van der Waals surface area contributed by atoms with Crippen LogP contribution in [-0.4, -0.2) is 30.4 Å². The number of amides is 1. The molecule has 4 heteroatoms. The van der Waals surface area contributed by atoms with Crippen LogP contribution in [-0.2, 0) is 11.2 Å². The van der Waals surface area contributed by atoms with E-state index in [1.54, 1.807) is 17.0 Å². The molecular weight excluding hydrogens is 231 g/mol. The molecule has 0 saturated heterocycles. The zero-order valence-corrected chi connectivity index (χ0v) is 10.6. The van der Waals surface area contributed by atoms with E-state index in [0.29, 0.717) is 6.54 Å². The summed E-state index contributed by atoms with van der Waals surface area (Å²) in [6.07, 6.45) is 2.36. The normalized spacial score (nSPS) is 22.4. The standard InChI is InChI=1S/C14H19FN2O/c1-17(14(18)11-8-13(16)9-11)7-6-10-2-4-12(15)5-3-10/h2-5,11,13H,6-9,16H2,1H3. The minimum absolute atomic E-state index is 0.109.